The van der Waals surface area contributed by atoms with Gasteiger partial charge in [0.15, 0.2) is 0 Å². The zero-order valence-electron chi connectivity index (χ0n) is 13.1. The van der Waals surface area contributed by atoms with Gasteiger partial charge in [-0.3, -0.25) is 0 Å². The number of aromatic amines is 1. The summed E-state index contributed by atoms with van der Waals surface area (Å²) in [4.78, 5) is 14.9. The molecule has 0 aliphatic carbocycles. The van der Waals surface area contributed by atoms with Crippen LogP contribution in [0.5, 0.6) is 0 Å². The predicted molar refractivity (Wildman–Crippen MR) is 89.2 cm³/mol. The van der Waals surface area contributed by atoms with Gasteiger partial charge in [0.25, 0.3) is 0 Å². The number of nitrogens with two attached hydrogens (primary N) is 1. The third-order valence-corrected chi connectivity index (χ3v) is 3.26. The van der Waals surface area contributed by atoms with Crippen LogP contribution in [0.2, 0.25) is 5.02 Å². The van der Waals surface area contributed by atoms with Crippen LogP contribution in [0.1, 0.15) is 26.5 Å². The molecule has 1 aromatic carbocycles. The highest BCUT2D eigenvalue weighted by Gasteiger charge is 2.16. The molecule has 0 saturated heterocycles. The van der Waals surface area contributed by atoms with Gasteiger partial charge in [0.2, 0.25) is 0 Å². The Hall–Kier alpha value is -1.72. The van der Waals surface area contributed by atoms with Gasteiger partial charge in [-0.15, -0.1) is 0 Å². The summed E-state index contributed by atoms with van der Waals surface area (Å²) in [5, 5.41) is 4.43. The van der Waals surface area contributed by atoms with E-state index in [0.29, 0.717) is 18.0 Å². The fourth-order valence-electron chi connectivity index (χ4n) is 2.16. The summed E-state index contributed by atoms with van der Waals surface area (Å²) in [7, 11) is 0. The molecule has 6 heteroatoms. The van der Waals surface area contributed by atoms with Gasteiger partial charge in [-0.1, -0.05) is 11.6 Å². The standard InChI is InChI=1S/C16H22ClN3O2/c1-16(2,3)22-15(21)19-9-12(18)8-13-7-10-6-11(17)4-5-14(10)20-13/h4-7,12,20H,8-9,18H2,1-3H3,(H,19,21). The average Bonchev–Trinajstić information content (AvgIpc) is 2.75. The number of halogens is 1. The molecule has 0 spiro atoms. The van der Waals surface area contributed by atoms with Crippen LogP contribution in [-0.2, 0) is 11.2 Å². The van der Waals surface area contributed by atoms with E-state index in [-0.39, 0.29) is 6.04 Å². The summed E-state index contributed by atoms with van der Waals surface area (Å²) < 4.78 is 5.17. The lowest BCUT2D eigenvalue weighted by molar-refractivity contribution is 0.0524. The summed E-state index contributed by atoms with van der Waals surface area (Å²) in [5.41, 5.74) is 7.57. The number of aromatic nitrogens is 1. The van der Waals surface area contributed by atoms with Crippen molar-refractivity contribution in [2.45, 2.75) is 38.8 Å². The number of amides is 1. The summed E-state index contributed by atoms with van der Waals surface area (Å²) in [5.74, 6) is 0. The van der Waals surface area contributed by atoms with Crippen molar-refractivity contribution in [3.63, 3.8) is 0 Å². The fraction of sp³-hybridized carbons (Fsp3) is 0.438. The second kappa shape index (κ2) is 6.58. The fourth-order valence-corrected chi connectivity index (χ4v) is 2.34. The molecule has 2 rings (SSSR count). The van der Waals surface area contributed by atoms with E-state index in [0.717, 1.165) is 16.6 Å². The van der Waals surface area contributed by atoms with E-state index >= 15 is 0 Å². The topological polar surface area (TPSA) is 80.1 Å². The van der Waals surface area contributed by atoms with Gasteiger partial charge in [0.1, 0.15) is 5.60 Å². The third-order valence-electron chi connectivity index (χ3n) is 3.03. The molecule has 1 amide bonds. The maximum atomic E-state index is 11.6. The van der Waals surface area contributed by atoms with Crippen LogP contribution in [0.4, 0.5) is 4.79 Å². The van der Waals surface area contributed by atoms with E-state index in [1.807, 2.05) is 45.0 Å². The van der Waals surface area contributed by atoms with E-state index < -0.39 is 11.7 Å². The molecule has 2 aromatic rings. The van der Waals surface area contributed by atoms with Crippen molar-refractivity contribution in [3.05, 3.63) is 35.0 Å². The molecule has 0 radical (unpaired) electrons. The van der Waals surface area contributed by atoms with Crippen molar-refractivity contribution in [1.82, 2.24) is 10.3 Å². The van der Waals surface area contributed by atoms with Crippen LogP contribution < -0.4 is 11.1 Å². The van der Waals surface area contributed by atoms with Crippen LogP contribution in [-0.4, -0.2) is 29.3 Å². The number of carbonyl (C=O) groups is 1. The first-order valence-electron chi connectivity index (χ1n) is 7.22. The summed E-state index contributed by atoms with van der Waals surface area (Å²) >= 11 is 5.97. The number of rotatable bonds is 4. The van der Waals surface area contributed by atoms with E-state index in [9.17, 15) is 4.79 Å². The molecule has 0 fully saturated rings. The molecular weight excluding hydrogens is 302 g/mol. The number of alkyl carbamates (subject to hydrolysis) is 1. The Kier molecular flexibility index (Phi) is 4.98. The van der Waals surface area contributed by atoms with Crippen LogP contribution in [0.25, 0.3) is 10.9 Å². The number of nitrogens with one attached hydrogen (secondary N) is 2. The van der Waals surface area contributed by atoms with Gasteiger partial charge in [-0.25, -0.2) is 4.79 Å². The maximum Gasteiger partial charge on any atom is 0.407 e. The molecule has 0 aliphatic heterocycles. The molecular formula is C16H22ClN3O2. The lowest BCUT2D eigenvalue weighted by Crippen LogP contribution is -2.41. The van der Waals surface area contributed by atoms with Crippen molar-refractivity contribution in [2.75, 3.05) is 6.54 Å². The molecule has 1 aromatic heterocycles. The molecule has 0 saturated carbocycles. The Morgan fingerprint density at radius 1 is 1.41 bits per heavy atom. The van der Waals surface area contributed by atoms with Crippen LogP contribution in [0.15, 0.2) is 24.3 Å². The minimum Gasteiger partial charge on any atom is -0.444 e. The predicted octanol–water partition coefficient (Wildman–Crippen LogP) is 3.22. The van der Waals surface area contributed by atoms with E-state index in [1.54, 1.807) is 0 Å². The summed E-state index contributed by atoms with van der Waals surface area (Å²) in [6.45, 7) is 5.82. The first-order chi connectivity index (χ1) is 10.2. The van der Waals surface area contributed by atoms with Gasteiger partial charge in [0, 0.05) is 40.6 Å². The van der Waals surface area contributed by atoms with E-state index in [2.05, 4.69) is 10.3 Å². The lowest BCUT2D eigenvalue weighted by Gasteiger charge is -2.20. The van der Waals surface area contributed by atoms with Crippen molar-refractivity contribution < 1.29 is 9.53 Å². The monoisotopic (exact) mass is 323 g/mol. The highest BCUT2D eigenvalue weighted by atomic mass is 35.5. The molecule has 22 heavy (non-hydrogen) atoms. The van der Waals surface area contributed by atoms with Gasteiger partial charge in [-0.05, 0) is 45.0 Å². The Balaban J connectivity index is 1.88. The Bertz CT molecular complexity index is 661. The number of fused-ring (bicyclic) bond motifs is 1. The SMILES string of the molecule is CC(C)(C)OC(=O)NCC(N)Cc1cc2cc(Cl)ccc2[nH]1. The molecule has 1 unspecified atom stereocenters. The Morgan fingerprint density at radius 2 is 2.14 bits per heavy atom. The summed E-state index contributed by atoms with van der Waals surface area (Å²) in [6, 6.07) is 7.51. The average molecular weight is 324 g/mol. The Morgan fingerprint density at radius 3 is 2.82 bits per heavy atom. The number of carbonyl (C=O) groups excluding carboxylic acids is 1. The van der Waals surface area contributed by atoms with Crippen LogP contribution in [0.3, 0.4) is 0 Å². The van der Waals surface area contributed by atoms with Gasteiger partial charge >= 0.3 is 6.09 Å². The number of H-pyrrole nitrogens is 1. The highest BCUT2D eigenvalue weighted by molar-refractivity contribution is 6.31. The number of benzene rings is 1. The highest BCUT2D eigenvalue weighted by Crippen LogP contribution is 2.20. The van der Waals surface area contributed by atoms with Crippen molar-refractivity contribution in [3.8, 4) is 0 Å². The number of ether oxygens (including phenoxy) is 1. The molecule has 0 aliphatic rings. The van der Waals surface area contributed by atoms with Crippen LogP contribution in [0, 0.1) is 0 Å². The van der Waals surface area contributed by atoms with Crippen molar-refractivity contribution in [1.29, 1.82) is 0 Å². The van der Waals surface area contributed by atoms with Crippen molar-refractivity contribution >= 4 is 28.6 Å². The molecule has 1 heterocycles. The van der Waals surface area contributed by atoms with Gasteiger partial charge in [-0.2, -0.15) is 0 Å². The molecule has 0 bridgehead atoms. The number of hydrogen-bond acceptors (Lipinski definition) is 3. The van der Waals surface area contributed by atoms with Crippen LogP contribution >= 0.6 is 11.6 Å². The molecule has 4 N–H and O–H groups in total. The maximum absolute atomic E-state index is 11.6. The second-order valence-electron chi connectivity index (χ2n) is 6.37. The smallest absolute Gasteiger partial charge is 0.407 e. The zero-order valence-corrected chi connectivity index (χ0v) is 13.8. The number of hydrogen-bond donors (Lipinski definition) is 3. The normalized spacial score (nSPS) is 13.1. The Labute approximate surface area is 135 Å². The first kappa shape index (κ1) is 16.6. The van der Waals surface area contributed by atoms with E-state index in [1.165, 1.54) is 0 Å². The molecule has 1 atom stereocenters. The van der Waals surface area contributed by atoms with Crippen molar-refractivity contribution in [2.24, 2.45) is 5.73 Å². The third kappa shape index (κ3) is 4.93. The first-order valence-corrected chi connectivity index (χ1v) is 7.60. The minimum atomic E-state index is -0.509. The zero-order chi connectivity index (χ0) is 16.3. The molecule has 5 nitrogen and oxygen atoms in total. The quantitative estimate of drug-likeness (QED) is 0.808. The second-order valence-corrected chi connectivity index (χ2v) is 6.81. The van der Waals surface area contributed by atoms with E-state index in [4.69, 9.17) is 22.1 Å². The minimum absolute atomic E-state index is 0.198. The van der Waals surface area contributed by atoms with Gasteiger partial charge in [0.05, 0.1) is 0 Å². The lowest BCUT2D eigenvalue weighted by atomic mass is 10.1. The molecule has 120 valence electrons. The summed E-state index contributed by atoms with van der Waals surface area (Å²) in [6.07, 6.45) is 0.175. The largest absolute Gasteiger partial charge is 0.444 e. The van der Waals surface area contributed by atoms with Gasteiger partial charge < -0.3 is 20.8 Å².